The average Bonchev–Trinajstić information content (AvgIpc) is 3.36. The number of carbonyl (C=O) groups is 2. The highest BCUT2D eigenvalue weighted by Gasteiger charge is 2.47. The van der Waals surface area contributed by atoms with Crippen molar-refractivity contribution in [1.82, 2.24) is 4.90 Å². The lowest BCUT2D eigenvalue weighted by Crippen LogP contribution is -2.29. The quantitative estimate of drug-likeness (QED) is 0.369. The van der Waals surface area contributed by atoms with Crippen LogP contribution >= 0.6 is 11.6 Å². The number of carbonyl (C=O) groups excluding carboxylic acids is 2. The van der Waals surface area contributed by atoms with Gasteiger partial charge < -0.3 is 19.2 Å². The summed E-state index contributed by atoms with van der Waals surface area (Å²) < 4.78 is 10.7. The van der Waals surface area contributed by atoms with E-state index in [1.165, 1.54) is 17.2 Å². The van der Waals surface area contributed by atoms with Gasteiger partial charge >= 0.3 is 0 Å². The van der Waals surface area contributed by atoms with Gasteiger partial charge in [-0.1, -0.05) is 35.9 Å². The molecule has 1 unspecified atom stereocenters. The lowest BCUT2D eigenvalue weighted by molar-refractivity contribution is -0.140. The number of hydrogen-bond acceptors (Lipinski definition) is 5. The van der Waals surface area contributed by atoms with Gasteiger partial charge in [0, 0.05) is 17.1 Å². The van der Waals surface area contributed by atoms with Crippen LogP contribution in [0.5, 0.6) is 5.75 Å². The van der Waals surface area contributed by atoms with Crippen LogP contribution in [0.25, 0.3) is 5.76 Å². The molecule has 0 bridgehead atoms. The Morgan fingerprint density at radius 2 is 1.90 bits per heavy atom. The number of rotatable bonds is 5. The number of ketones is 1. The Morgan fingerprint density at radius 3 is 2.53 bits per heavy atom. The summed E-state index contributed by atoms with van der Waals surface area (Å²) in [6.45, 7) is 0.159. The first-order valence-corrected chi connectivity index (χ1v) is 9.58. The normalized spacial score (nSPS) is 18.1. The van der Waals surface area contributed by atoms with Gasteiger partial charge in [-0.2, -0.15) is 0 Å². The zero-order chi connectivity index (χ0) is 21.3. The van der Waals surface area contributed by atoms with Gasteiger partial charge in [-0.3, -0.25) is 9.59 Å². The maximum atomic E-state index is 12.9. The molecule has 6 nitrogen and oxygen atoms in total. The van der Waals surface area contributed by atoms with Gasteiger partial charge in [0.05, 0.1) is 18.9 Å². The summed E-state index contributed by atoms with van der Waals surface area (Å²) in [5, 5.41) is 11.3. The lowest BCUT2D eigenvalue weighted by atomic mass is 9.99. The molecular formula is C23H18ClNO5. The van der Waals surface area contributed by atoms with Crippen LogP contribution in [0.3, 0.4) is 0 Å². The average molecular weight is 424 g/mol. The van der Waals surface area contributed by atoms with Gasteiger partial charge in [-0.15, -0.1) is 0 Å². The fourth-order valence-corrected chi connectivity index (χ4v) is 3.69. The minimum Gasteiger partial charge on any atom is -0.507 e. The fourth-order valence-electron chi connectivity index (χ4n) is 3.50. The molecular weight excluding hydrogens is 406 g/mol. The van der Waals surface area contributed by atoms with Crippen molar-refractivity contribution in [2.45, 2.75) is 12.6 Å². The highest BCUT2D eigenvalue weighted by atomic mass is 35.5. The van der Waals surface area contributed by atoms with E-state index in [4.69, 9.17) is 20.8 Å². The maximum absolute atomic E-state index is 12.9. The van der Waals surface area contributed by atoms with E-state index < -0.39 is 17.7 Å². The molecule has 2 heterocycles. The van der Waals surface area contributed by atoms with Gasteiger partial charge in [-0.25, -0.2) is 0 Å². The molecule has 7 heteroatoms. The Hall–Kier alpha value is -3.51. The molecule has 0 aliphatic carbocycles. The summed E-state index contributed by atoms with van der Waals surface area (Å²) in [6.07, 6.45) is 1.46. The number of amides is 1. The molecule has 152 valence electrons. The Kier molecular flexibility index (Phi) is 5.33. The van der Waals surface area contributed by atoms with Crippen LogP contribution in [0.15, 0.2) is 76.9 Å². The Bertz CT molecular complexity index is 1120. The van der Waals surface area contributed by atoms with E-state index in [9.17, 15) is 14.7 Å². The smallest absolute Gasteiger partial charge is 0.296 e. The van der Waals surface area contributed by atoms with Crippen molar-refractivity contribution in [3.63, 3.8) is 0 Å². The maximum Gasteiger partial charge on any atom is 0.296 e. The predicted octanol–water partition coefficient (Wildman–Crippen LogP) is 4.56. The summed E-state index contributed by atoms with van der Waals surface area (Å²) in [6, 6.07) is 16.1. The summed E-state index contributed by atoms with van der Waals surface area (Å²) in [5.74, 6) is -0.719. The molecule has 0 saturated carbocycles. The van der Waals surface area contributed by atoms with Crippen molar-refractivity contribution in [2.75, 3.05) is 7.11 Å². The summed E-state index contributed by atoms with van der Waals surface area (Å²) in [4.78, 5) is 27.2. The van der Waals surface area contributed by atoms with Crippen LogP contribution in [-0.2, 0) is 16.1 Å². The molecule has 1 atom stereocenters. The number of furan rings is 1. The van der Waals surface area contributed by atoms with Crippen LogP contribution < -0.4 is 4.74 Å². The van der Waals surface area contributed by atoms with Gasteiger partial charge in [0.15, 0.2) is 0 Å². The van der Waals surface area contributed by atoms with E-state index >= 15 is 0 Å². The van der Waals surface area contributed by atoms with E-state index in [2.05, 4.69) is 0 Å². The molecule has 0 radical (unpaired) electrons. The first-order chi connectivity index (χ1) is 14.5. The van der Waals surface area contributed by atoms with Crippen LogP contribution in [0.1, 0.15) is 22.9 Å². The minimum atomic E-state index is -0.860. The fraction of sp³-hybridized carbons (Fsp3) is 0.130. The van der Waals surface area contributed by atoms with Crippen molar-refractivity contribution in [1.29, 1.82) is 0 Å². The van der Waals surface area contributed by atoms with Gasteiger partial charge in [0.2, 0.25) is 0 Å². The molecule has 2 aromatic carbocycles. The van der Waals surface area contributed by atoms with E-state index in [-0.39, 0.29) is 17.9 Å². The molecule has 1 aromatic heterocycles. The molecule has 1 amide bonds. The van der Waals surface area contributed by atoms with Crippen LogP contribution in [-0.4, -0.2) is 28.8 Å². The highest BCUT2D eigenvalue weighted by Crippen LogP contribution is 2.40. The Labute approximate surface area is 177 Å². The number of halogens is 1. The Morgan fingerprint density at radius 1 is 1.13 bits per heavy atom. The third kappa shape index (κ3) is 3.57. The second-order valence-corrected chi connectivity index (χ2v) is 7.24. The molecule has 1 aliphatic heterocycles. The van der Waals surface area contributed by atoms with Gasteiger partial charge in [-0.05, 0) is 42.0 Å². The number of hydrogen-bond donors (Lipinski definition) is 1. The second kappa shape index (κ2) is 8.08. The zero-order valence-corrected chi connectivity index (χ0v) is 16.8. The number of ether oxygens (including phenoxy) is 1. The summed E-state index contributed by atoms with van der Waals surface area (Å²) >= 11 is 6.03. The number of benzene rings is 2. The van der Waals surface area contributed by atoms with E-state index in [0.29, 0.717) is 22.1 Å². The topological polar surface area (TPSA) is 80.0 Å². The number of Topliss-reactive ketones (excluding diaryl/α,β-unsaturated/α-hetero) is 1. The standard InChI is InChI=1S/C23H18ClNO5/c1-29-17-9-7-14(8-10-17)13-25-20(18-6-3-11-30-18)19(22(27)23(25)28)21(26)15-4-2-5-16(24)12-15/h2-12,20,26H,13H2,1H3/b21-19-. The number of likely N-dealkylation sites (tertiary alicyclic amines) is 1. The monoisotopic (exact) mass is 423 g/mol. The molecule has 0 spiro atoms. The molecule has 3 aromatic rings. The molecule has 30 heavy (non-hydrogen) atoms. The first kappa shape index (κ1) is 19.8. The minimum absolute atomic E-state index is 0.0364. The van der Waals surface area contributed by atoms with Crippen LogP contribution in [0, 0.1) is 0 Å². The zero-order valence-electron chi connectivity index (χ0n) is 16.0. The summed E-state index contributed by atoms with van der Waals surface area (Å²) in [5.41, 5.74) is 1.12. The van der Waals surface area contributed by atoms with Crippen LogP contribution in [0.4, 0.5) is 0 Å². The van der Waals surface area contributed by atoms with Crippen molar-refractivity contribution >= 4 is 29.1 Å². The third-order valence-corrected chi connectivity index (χ3v) is 5.20. The SMILES string of the molecule is COc1ccc(CN2C(=O)C(=O)/C(=C(\O)c3cccc(Cl)c3)C2c2ccco2)cc1. The number of aliphatic hydroxyl groups excluding tert-OH is 1. The van der Waals surface area contributed by atoms with E-state index in [0.717, 1.165) is 5.56 Å². The molecule has 1 N–H and O–H groups in total. The highest BCUT2D eigenvalue weighted by molar-refractivity contribution is 6.46. The van der Waals surface area contributed by atoms with Crippen LogP contribution in [0.2, 0.25) is 5.02 Å². The van der Waals surface area contributed by atoms with Gasteiger partial charge in [0.1, 0.15) is 23.3 Å². The van der Waals surface area contributed by atoms with Crippen molar-refractivity contribution in [3.05, 3.63) is 94.4 Å². The predicted molar refractivity (Wildman–Crippen MR) is 111 cm³/mol. The van der Waals surface area contributed by atoms with Crippen molar-refractivity contribution < 1.29 is 23.8 Å². The lowest BCUT2D eigenvalue weighted by Gasteiger charge is -2.23. The first-order valence-electron chi connectivity index (χ1n) is 9.20. The van der Waals surface area contributed by atoms with Gasteiger partial charge in [0.25, 0.3) is 11.7 Å². The number of nitrogens with zero attached hydrogens (tertiary/aromatic N) is 1. The number of aliphatic hydroxyl groups is 1. The van der Waals surface area contributed by atoms with Crippen molar-refractivity contribution in [3.8, 4) is 5.75 Å². The van der Waals surface area contributed by atoms with E-state index in [1.54, 1.807) is 49.6 Å². The van der Waals surface area contributed by atoms with Crippen molar-refractivity contribution in [2.24, 2.45) is 0 Å². The van der Waals surface area contributed by atoms with E-state index in [1.807, 2.05) is 12.1 Å². The largest absolute Gasteiger partial charge is 0.507 e. The third-order valence-electron chi connectivity index (χ3n) is 4.96. The second-order valence-electron chi connectivity index (χ2n) is 6.80. The summed E-state index contributed by atoms with van der Waals surface area (Å²) in [7, 11) is 1.57. The molecule has 1 aliphatic rings. The molecule has 1 fully saturated rings. The molecule has 1 saturated heterocycles. The molecule has 4 rings (SSSR count). The Balaban J connectivity index is 1.79. The number of methoxy groups -OCH3 is 1.